The van der Waals surface area contributed by atoms with Crippen LogP contribution in [0.1, 0.15) is 25.3 Å². The van der Waals surface area contributed by atoms with Crippen LogP contribution in [0.15, 0.2) is 81.6 Å². The normalized spacial score (nSPS) is 15.0. The van der Waals surface area contributed by atoms with Crippen LogP contribution in [0, 0.1) is 10.1 Å². The van der Waals surface area contributed by atoms with Gasteiger partial charge in [0, 0.05) is 55.3 Å². The molecule has 4 aromatic rings. The minimum atomic E-state index is -0.531. The van der Waals surface area contributed by atoms with Crippen molar-refractivity contribution in [2.75, 3.05) is 6.61 Å². The largest absolute Gasteiger partial charge is 0.460 e. The van der Waals surface area contributed by atoms with E-state index in [9.17, 15) is 24.5 Å². The highest BCUT2D eigenvalue weighted by molar-refractivity contribution is 5.92. The lowest BCUT2D eigenvalue weighted by Gasteiger charge is -2.25. The average Bonchev–Trinajstić information content (AvgIpc) is 3.38. The SMILES string of the molecule is CC1=CC(c2ccc(-c3cccc([N+](=O)[O-])c3)nc2)C(C(=O)OCCn2cnc3c2c(=O)n(C)c(=O)n3C)=C(C)N1. The van der Waals surface area contributed by atoms with Crippen LogP contribution in [0.2, 0.25) is 0 Å². The predicted octanol–water partition coefficient (Wildman–Crippen LogP) is 2.51. The number of nitrogens with zero attached hydrogens (tertiary/aromatic N) is 6. The molecular weight excluding hydrogens is 530 g/mol. The van der Waals surface area contributed by atoms with Gasteiger partial charge in [-0.05, 0) is 25.5 Å². The third kappa shape index (κ3) is 5.04. The minimum Gasteiger partial charge on any atom is -0.460 e. The maximum Gasteiger partial charge on any atom is 0.336 e. The van der Waals surface area contributed by atoms with Gasteiger partial charge in [0.2, 0.25) is 0 Å². The van der Waals surface area contributed by atoms with Gasteiger partial charge >= 0.3 is 11.7 Å². The molecule has 1 atom stereocenters. The number of aromatic nitrogens is 5. The first-order valence-corrected chi connectivity index (χ1v) is 12.7. The second-order valence-electron chi connectivity index (χ2n) is 9.73. The van der Waals surface area contributed by atoms with E-state index in [-0.39, 0.29) is 30.0 Å². The highest BCUT2D eigenvalue weighted by Gasteiger charge is 2.28. The predicted molar refractivity (Wildman–Crippen MR) is 150 cm³/mol. The zero-order chi connectivity index (χ0) is 29.4. The van der Waals surface area contributed by atoms with Crippen molar-refractivity contribution in [1.29, 1.82) is 0 Å². The number of imidazole rings is 1. The number of rotatable bonds is 7. The zero-order valence-electron chi connectivity index (χ0n) is 22.8. The van der Waals surface area contributed by atoms with E-state index in [0.717, 1.165) is 15.8 Å². The molecule has 3 aromatic heterocycles. The number of allylic oxidation sites excluding steroid dienone is 3. The fraction of sp³-hybridized carbons (Fsp3) is 0.250. The number of dihydropyridines is 1. The Morgan fingerprint density at radius 3 is 2.61 bits per heavy atom. The number of carbonyl (C=O) groups excluding carboxylic acids is 1. The monoisotopic (exact) mass is 557 g/mol. The summed E-state index contributed by atoms with van der Waals surface area (Å²) in [7, 11) is 2.93. The molecule has 1 N–H and O–H groups in total. The van der Waals surface area contributed by atoms with Crippen LogP contribution in [0.5, 0.6) is 0 Å². The Balaban J connectivity index is 1.35. The summed E-state index contributed by atoms with van der Waals surface area (Å²) >= 11 is 0. The van der Waals surface area contributed by atoms with Crippen LogP contribution >= 0.6 is 0 Å². The van der Waals surface area contributed by atoms with Crippen LogP contribution < -0.4 is 16.6 Å². The van der Waals surface area contributed by atoms with E-state index in [2.05, 4.69) is 15.3 Å². The highest BCUT2D eigenvalue weighted by atomic mass is 16.6. The molecule has 13 nitrogen and oxygen atoms in total. The minimum absolute atomic E-state index is 0.0259. The molecule has 0 fully saturated rings. The Bertz CT molecular complexity index is 1880. The third-order valence-electron chi connectivity index (χ3n) is 7.02. The topological polar surface area (TPSA) is 156 Å². The van der Waals surface area contributed by atoms with Crippen LogP contribution in [-0.2, 0) is 30.2 Å². The number of hydrogen-bond donors (Lipinski definition) is 1. The number of nitro groups is 1. The van der Waals surface area contributed by atoms with Crippen LogP contribution in [-0.4, -0.2) is 41.2 Å². The molecule has 0 saturated heterocycles. The summed E-state index contributed by atoms with van der Waals surface area (Å²) in [5, 5.41) is 14.3. The van der Waals surface area contributed by atoms with Crippen molar-refractivity contribution < 1.29 is 14.5 Å². The van der Waals surface area contributed by atoms with Crippen LogP contribution in [0.4, 0.5) is 5.69 Å². The lowest BCUT2D eigenvalue weighted by Crippen LogP contribution is -2.37. The van der Waals surface area contributed by atoms with Gasteiger partial charge in [0.05, 0.1) is 29.1 Å². The lowest BCUT2D eigenvalue weighted by atomic mass is 9.87. The fourth-order valence-electron chi connectivity index (χ4n) is 4.93. The number of ether oxygens (including phenoxy) is 1. The molecule has 210 valence electrons. The maximum atomic E-state index is 13.3. The van der Waals surface area contributed by atoms with E-state index in [1.165, 1.54) is 37.1 Å². The first-order chi connectivity index (χ1) is 19.6. The van der Waals surface area contributed by atoms with Gasteiger partial charge in [-0.1, -0.05) is 24.3 Å². The molecule has 0 spiro atoms. The van der Waals surface area contributed by atoms with Crippen molar-refractivity contribution >= 4 is 22.8 Å². The quantitative estimate of drug-likeness (QED) is 0.205. The molecule has 0 radical (unpaired) electrons. The second-order valence-corrected chi connectivity index (χ2v) is 9.73. The van der Waals surface area contributed by atoms with Crippen molar-refractivity contribution in [3.8, 4) is 11.3 Å². The van der Waals surface area contributed by atoms with E-state index in [0.29, 0.717) is 22.5 Å². The first kappa shape index (κ1) is 27.2. The molecule has 1 aliphatic heterocycles. The van der Waals surface area contributed by atoms with E-state index in [1.807, 2.05) is 19.1 Å². The number of esters is 1. The number of pyridine rings is 1. The maximum absolute atomic E-state index is 13.3. The van der Waals surface area contributed by atoms with Gasteiger partial charge in [0.25, 0.3) is 11.2 Å². The van der Waals surface area contributed by atoms with Gasteiger partial charge in [-0.3, -0.25) is 29.0 Å². The molecular formula is C28H27N7O6. The zero-order valence-corrected chi connectivity index (χ0v) is 22.8. The van der Waals surface area contributed by atoms with Crippen molar-refractivity contribution in [2.45, 2.75) is 26.3 Å². The standard InChI is InChI=1S/C28H27N7O6/c1-16-12-21(19-8-9-22(29-14-19)18-6-5-7-20(13-18)35(39)40)23(17(2)31-16)27(37)41-11-10-34-15-30-25-24(34)26(36)33(4)28(38)32(25)3/h5-9,12-15,21,31H,10-11H2,1-4H3. The summed E-state index contributed by atoms with van der Waals surface area (Å²) in [6.07, 6.45) is 4.99. The smallest absolute Gasteiger partial charge is 0.336 e. The summed E-state index contributed by atoms with van der Waals surface area (Å²) in [6, 6.07) is 9.82. The number of nitro benzene ring substituents is 1. The van der Waals surface area contributed by atoms with E-state index in [4.69, 9.17) is 4.74 Å². The fourth-order valence-corrected chi connectivity index (χ4v) is 4.93. The summed E-state index contributed by atoms with van der Waals surface area (Å²) in [6.45, 7) is 3.81. The number of nitrogens with one attached hydrogen (secondary N) is 1. The molecule has 1 aliphatic rings. The Labute approximate surface area is 233 Å². The average molecular weight is 558 g/mol. The van der Waals surface area contributed by atoms with Crippen molar-refractivity contribution in [1.82, 2.24) is 29.0 Å². The molecule has 4 heterocycles. The van der Waals surface area contributed by atoms with Gasteiger partial charge in [-0.25, -0.2) is 14.6 Å². The van der Waals surface area contributed by atoms with E-state index >= 15 is 0 Å². The molecule has 0 aliphatic carbocycles. The number of hydrogen-bond acceptors (Lipinski definition) is 9. The summed E-state index contributed by atoms with van der Waals surface area (Å²) in [5.74, 6) is -0.970. The molecule has 5 rings (SSSR count). The number of aryl methyl sites for hydroxylation is 1. The number of benzene rings is 1. The lowest BCUT2D eigenvalue weighted by molar-refractivity contribution is -0.384. The molecule has 13 heteroatoms. The molecule has 1 unspecified atom stereocenters. The molecule has 41 heavy (non-hydrogen) atoms. The molecule has 1 aromatic carbocycles. The Morgan fingerprint density at radius 2 is 1.90 bits per heavy atom. The highest BCUT2D eigenvalue weighted by Crippen LogP contribution is 2.33. The Morgan fingerprint density at radius 1 is 1.12 bits per heavy atom. The van der Waals surface area contributed by atoms with E-state index < -0.39 is 28.1 Å². The van der Waals surface area contributed by atoms with Gasteiger partial charge in [0.15, 0.2) is 11.2 Å². The second kappa shape index (κ2) is 10.7. The third-order valence-corrected chi connectivity index (χ3v) is 7.02. The first-order valence-electron chi connectivity index (χ1n) is 12.7. The van der Waals surface area contributed by atoms with Crippen molar-refractivity contribution in [3.05, 3.63) is 108 Å². The molecule has 0 bridgehead atoms. The number of carbonyl (C=O) groups is 1. The Kier molecular flexibility index (Phi) is 7.10. The van der Waals surface area contributed by atoms with Gasteiger partial charge in [-0.15, -0.1) is 0 Å². The van der Waals surface area contributed by atoms with E-state index in [1.54, 1.807) is 35.9 Å². The molecule has 0 amide bonds. The summed E-state index contributed by atoms with van der Waals surface area (Å²) in [5.41, 5.74) is 3.33. The van der Waals surface area contributed by atoms with Crippen molar-refractivity contribution in [3.63, 3.8) is 0 Å². The van der Waals surface area contributed by atoms with Gasteiger partial charge < -0.3 is 14.6 Å². The number of non-ortho nitro benzene ring substituents is 1. The number of fused-ring (bicyclic) bond motifs is 1. The summed E-state index contributed by atoms with van der Waals surface area (Å²) < 4.78 is 9.49. The Hall–Kier alpha value is -5.33. The van der Waals surface area contributed by atoms with Crippen LogP contribution in [0.25, 0.3) is 22.4 Å². The van der Waals surface area contributed by atoms with Crippen molar-refractivity contribution in [2.24, 2.45) is 14.1 Å². The summed E-state index contributed by atoms with van der Waals surface area (Å²) in [4.78, 5) is 57.6. The van der Waals surface area contributed by atoms with Crippen LogP contribution in [0.3, 0.4) is 0 Å². The van der Waals surface area contributed by atoms with Gasteiger partial charge in [-0.2, -0.15) is 0 Å². The van der Waals surface area contributed by atoms with Gasteiger partial charge in [0.1, 0.15) is 6.61 Å². The molecule has 0 saturated carbocycles.